The fourth-order valence-corrected chi connectivity index (χ4v) is 4.85. The van der Waals surface area contributed by atoms with Crippen molar-refractivity contribution in [3.05, 3.63) is 83.8 Å². The molecular formula is C27H27N5O5. The fraction of sp³-hybridized carbons (Fsp3) is 0.259. The lowest BCUT2D eigenvalue weighted by Gasteiger charge is -2.26. The van der Waals surface area contributed by atoms with Crippen molar-refractivity contribution in [1.82, 2.24) is 23.8 Å². The maximum atomic E-state index is 13.4. The molecule has 1 saturated heterocycles. The van der Waals surface area contributed by atoms with Crippen LogP contribution in [0, 0.1) is 6.92 Å². The van der Waals surface area contributed by atoms with Gasteiger partial charge in [-0.05, 0) is 43.2 Å². The molecule has 1 aliphatic rings. The van der Waals surface area contributed by atoms with Gasteiger partial charge in [0.1, 0.15) is 11.3 Å². The number of imidazole rings is 2. The Hall–Kier alpha value is -4.60. The normalized spacial score (nSPS) is 17.1. The average Bonchev–Trinajstić information content (AvgIpc) is 3.61. The minimum absolute atomic E-state index is 0.00797. The second kappa shape index (κ2) is 9.81. The molecule has 4 heterocycles. The van der Waals surface area contributed by atoms with Crippen molar-refractivity contribution in [2.75, 3.05) is 20.8 Å². The van der Waals surface area contributed by atoms with Crippen LogP contribution in [0.3, 0.4) is 0 Å². The van der Waals surface area contributed by atoms with Crippen molar-refractivity contribution in [3.8, 4) is 11.5 Å². The first kappa shape index (κ1) is 24.1. The number of rotatable bonds is 8. The molecule has 1 fully saturated rings. The number of likely N-dealkylation sites (tertiary alicyclic amines) is 1. The van der Waals surface area contributed by atoms with Crippen LogP contribution in [0.4, 0.5) is 0 Å². The van der Waals surface area contributed by atoms with Crippen LogP contribution in [-0.2, 0) is 16.1 Å². The van der Waals surface area contributed by atoms with Gasteiger partial charge in [-0.25, -0.2) is 9.97 Å². The van der Waals surface area contributed by atoms with E-state index in [1.54, 1.807) is 48.2 Å². The van der Waals surface area contributed by atoms with Gasteiger partial charge in [0.2, 0.25) is 0 Å². The third-order valence-electron chi connectivity index (χ3n) is 6.57. The summed E-state index contributed by atoms with van der Waals surface area (Å²) in [5.41, 5.74) is 2.17. The molecule has 190 valence electrons. The van der Waals surface area contributed by atoms with Crippen LogP contribution < -0.4 is 9.47 Å². The maximum absolute atomic E-state index is 13.4. The Morgan fingerprint density at radius 1 is 1.05 bits per heavy atom. The lowest BCUT2D eigenvalue weighted by molar-refractivity contribution is -0.139. The number of hydrogen-bond acceptors (Lipinski definition) is 7. The van der Waals surface area contributed by atoms with Crippen molar-refractivity contribution in [1.29, 1.82) is 0 Å². The zero-order valence-electron chi connectivity index (χ0n) is 20.8. The Morgan fingerprint density at radius 2 is 1.86 bits per heavy atom. The quantitative estimate of drug-likeness (QED) is 0.224. The Bertz CT molecular complexity index is 1500. The summed E-state index contributed by atoms with van der Waals surface area (Å²) < 4.78 is 14.5. The molecule has 5 rings (SSSR count). The number of hydrogen-bond donors (Lipinski definition) is 1. The first-order valence-electron chi connectivity index (χ1n) is 11.8. The number of ether oxygens (including phenoxy) is 2. The average molecular weight is 502 g/mol. The number of nitrogens with zero attached hydrogens (tertiary/aromatic N) is 5. The maximum Gasteiger partial charge on any atom is 0.295 e. The first-order chi connectivity index (χ1) is 17.9. The first-order valence-corrected chi connectivity index (χ1v) is 11.8. The highest BCUT2D eigenvalue weighted by Gasteiger charge is 2.46. The van der Waals surface area contributed by atoms with Crippen molar-refractivity contribution in [2.45, 2.75) is 25.9 Å². The van der Waals surface area contributed by atoms with Gasteiger partial charge in [0.05, 0.1) is 37.9 Å². The number of amides is 1. The minimum Gasteiger partial charge on any atom is -0.505 e. The van der Waals surface area contributed by atoms with Crippen LogP contribution in [0.1, 0.15) is 29.4 Å². The van der Waals surface area contributed by atoms with Crippen molar-refractivity contribution in [2.24, 2.45) is 0 Å². The largest absolute Gasteiger partial charge is 0.505 e. The van der Waals surface area contributed by atoms with Crippen LogP contribution in [0.5, 0.6) is 11.5 Å². The van der Waals surface area contributed by atoms with E-state index in [2.05, 4.69) is 9.97 Å². The van der Waals surface area contributed by atoms with E-state index in [-0.39, 0.29) is 11.3 Å². The van der Waals surface area contributed by atoms with Gasteiger partial charge in [0.15, 0.2) is 17.3 Å². The van der Waals surface area contributed by atoms with Crippen LogP contribution in [0.25, 0.3) is 11.4 Å². The highest BCUT2D eigenvalue weighted by atomic mass is 16.5. The zero-order valence-corrected chi connectivity index (χ0v) is 20.8. The summed E-state index contributed by atoms with van der Waals surface area (Å²) in [7, 11) is 3.05. The van der Waals surface area contributed by atoms with E-state index in [1.807, 2.05) is 29.0 Å². The molecule has 1 aliphatic heterocycles. The summed E-state index contributed by atoms with van der Waals surface area (Å²) >= 11 is 0. The van der Waals surface area contributed by atoms with E-state index in [9.17, 15) is 14.7 Å². The van der Waals surface area contributed by atoms with Gasteiger partial charge in [-0.1, -0.05) is 12.1 Å². The number of aryl methyl sites for hydroxylation is 2. The van der Waals surface area contributed by atoms with E-state index in [1.165, 1.54) is 19.1 Å². The summed E-state index contributed by atoms with van der Waals surface area (Å²) in [6.07, 6.45) is 7.58. The predicted molar refractivity (Wildman–Crippen MR) is 135 cm³/mol. The molecule has 0 saturated carbocycles. The summed E-state index contributed by atoms with van der Waals surface area (Å²) in [6, 6.07) is 9.86. The van der Waals surface area contributed by atoms with Gasteiger partial charge < -0.3 is 24.0 Å². The molecule has 1 aromatic carbocycles. The number of ketones is 1. The van der Waals surface area contributed by atoms with Crippen LogP contribution in [-0.4, -0.2) is 61.4 Å². The number of carbonyl (C=O) groups is 2. The zero-order chi connectivity index (χ0) is 26.1. The summed E-state index contributed by atoms with van der Waals surface area (Å²) in [4.78, 5) is 36.8. The number of methoxy groups -OCH3 is 2. The van der Waals surface area contributed by atoms with Crippen molar-refractivity contribution >= 4 is 23.1 Å². The van der Waals surface area contributed by atoms with Crippen molar-refractivity contribution in [3.63, 3.8) is 0 Å². The van der Waals surface area contributed by atoms with Crippen LogP contribution >= 0.6 is 0 Å². The number of aliphatic hydroxyl groups is 1. The Labute approximate surface area is 213 Å². The second-order valence-electron chi connectivity index (χ2n) is 8.74. The molecular weight excluding hydrogens is 474 g/mol. The number of Topliss-reactive ketones (excluding diaryl/α,β-unsaturated/α-hetero) is 1. The standard InChI is InChI=1S/C27H27N5O5/c1-17-23(31-12-5-4-7-21(31)29-17)25(33)22-24(18-8-9-19(36-2)20(15-18)37-3)32(27(35)26(22)34)13-6-11-30-14-10-28-16-30/h4-5,7-10,12,14-16,24,33H,6,11,13H2,1-3H3/b25-22+. The molecule has 3 aromatic heterocycles. The van der Waals surface area contributed by atoms with E-state index in [0.29, 0.717) is 53.6 Å². The second-order valence-corrected chi connectivity index (χ2v) is 8.74. The lowest BCUT2D eigenvalue weighted by atomic mass is 9.95. The monoisotopic (exact) mass is 501 g/mol. The molecule has 10 nitrogen and oxygen atoms in total. The van der Waals surface area contributed by atoms with Gasteiger partial charge in [-0.2, -0.15) is 0 Å². The fourth-order valence-electron chi connectivity index (χ4n) is 4.85. The molecule has 0 radical (unpaired) electrons. The highest BCUT2D eigenvalue weighted by Crippen LogP contribution is 2.42. The molecule has 1 amide bonds. The summed E-state index contributed by atoms with van der Waals surface area (Å²) in [5.74, 6) is -0.717. The third kappa shape index (κ3) is 4.20. The number of benzene rings is 1. The number of pyridine rings is 1. The van der Waals surface area contributed by atoms with E-state index in [0.717, 1.165) is 0 Å². The van der Waals surface area contributed by atoms with Crippen molar-refractivity contribution < 1.29 is 24.2 Å². The third-order valence-corrected chi connectivity index (χ3v) is 6.57. The number of aliphatic hydroxyl groups excluding tert-OH is 1. The highest BCUT2D eigenvalue weighted by molar-refractivity contribution is 6.46. The lowest BCUT2D eigenvalue weighted by Crippen LogP contribution is -2.31. The molecule has 0 spiro atoms. The topological polar surface area (TPSA) is 111 Å². The Morgan fingerprint density at radius 3 is 2.59 bits per heavy atom. The number of fused-ring (bicyclic) bond motifs is 1. The van der Waals surface area contributed by atoms with E-state index < -0.39 is 17.7 Å². The number of carbonyl (C=O) groups excluding carboxylic acids is 2. The van der Waals surface area contributed by atoms with Crippen LogP contribution in [0.15, 0.2) is 66.9 Å². The Balaban J connectivity index is 1.63. The van der Waals surface area contributed by atoms with Gasteiger partial charge in [-0.15, -0.1) is 0 Å². The number of aromatic nitrogens is 4. The van der Waals surface area contributed by atoms with E-state index in [4.69, 9.17) is 9.47 Å². The Kier molecular flexibility index (Phi) is 6.39. The molecule has 1 unspecified atom stereocenters. The van der Waals surface area contributed by atoms with Gasteiger partial charge >= 0.3 is 0 Å². The van der Waals surface area contributed by atoms with Gasteiger partial charge in [0, 0.05) is 31.7 Å². The smallest absolute Gasteiger partial charge is 0.295 e. The molecule has 1 atom stereocenters. The molecule has 0 bridgehead atoms. The van der Waals surface area contributed by atoms with Gasteiger partial charge in [0.25, 0.3) is 11.7 Å². The molecule has 4 aromatic rings. The molecule has 10 heteroatoms. The summed E-state index contributed by atoms with van der Waals surface area (Å²) in [5, 5.41) is 11.6. The van der Waals surface area contributed by atoms with Gasteiger partial charge in [-0.3, -0.25) is 14.0 Å². The van der Waals surface area contributed by atoms with Crippen LogP contribution in [0.2, 0.25) is 0 Å². The summed E-state index contributed by atoms with van der Waals surface area (Å²) in [6.45, 7) is 2.67. The SMILES string of the molecule is COc1ccc(C2/C(=C(\O)c3c(C)nc4ccccn34)C(=O)C(=O)N2CCCn2ccnc2)cc1OC. The van der Waals surface area contributed by atoms with E-state index >= 15 is 0 Å². The molecule has 0 aliphatic carbocycles. The molecule has 37 heavy (non-hydrogen) atoms. The molecule has 1 N–H and O–H groups in total. The predicted octanol–water partition coefficient (Wildman–Crippen LogP) is 3.37. The minimum atomic E-state index is -0.823.